The van der Waals surface area contributed by atoms with Crippen molar-refractivity contribution in [1.29, 1.82) is 0 Å². The number of Topliss-reactive ketones (excluding diaryl/α,β-unsaturated/α-hetero) is 1. The van der Waals surface area contributed by atoms with Crippen molar-refractivity contribution in [2.24, 2.45) is 17.1 Å². The highest BCUT2D eigenvalue weighted by atomic mass is 16.2. The maximum Gasteiger partial charge on any atom is 0.237 e. The van der Waals surface area contributed by atoms with E-state index in [0.717, 1.165) is 25.7 Å². The molecule has 0 saturated heterocycles. The first-order valence-electron chi connectivity index (χ1n) is 11.3. The summed E-state index contributed by atoms with van der Waals surface area (Å²) in [7, 11) is 0. The maximum atomic E-state index is 13.2. The van der Waals surface area contributed by atoms with E-state index in [-0.39, 0.29) is 29.6 Å². The van der Waals surface area contributed by atoms with E-state index in [9.17, 15) is 9.59 Å². The van der Waals surface area contributed by atoms with Gasteiger partial charge in [-0.15, -0.1) is 0 Å². The van der Waals surface area contributed by atoms with Gasteiger partial charge in [0.1, 0.15) is 0 Å². The molecule has 0 heterocycles. The van der Waals surface area contributed by atoms with Crippen LogP contribution in [0.5, 0.6) is 0 Å². The van der Waals surface area contributed by atoms with Crippen LogP contribution < -0.4 is 11.1 Å². The first-order valence-corrected chi connectivity index (χ1v) is 11.3. The van der Waals surface area contributed by atoms with Gasteiger partial charge in [0.25, 0.3) is 0 Å². The molecule has 0 aromatic carbocycles. The van der Waals surface area contributed by atoms with Gasteiger partial charge >= 0.3 is 0 Å². The van der Waals surface area contributed by atoms with Gasteiger partial charge in [0.2, 0.25) is 5.91 Å². The molecule has 0 fully saturated rings. The summed E-state index contributed by atoms with van der Waals surface area (Å²) in [5.41, 5.74) is 10.2. The van der Waals surface area contributed by atoms with Crippen LogP contribution in [-0.2, 0) is 9.59 Å². The summed E-state index contributed by atoms with van der Waals surface area (Å²) in [5, 5.41) is 11.7. The second-order valence-corrected chi connectivity index (χ2v) is 9.48. The summed E-state index contributed by atoms with van der Waals surface area (Å²) in [6.45, 7) is 14.0. The first-order chi connectivity index (χ1) is 14.4. The molecule has 0 aromatic rings. The largest absolute Gasteiger partial charge is 0.392 e. The van der Waals surface area contributed by atoms with Crippen molar-refractivity contribution in [2.75, 3.05) is 6.61 Å². The van der Waals surface area contributed by atoms with Gasteiger partial charge in [0.15, 0.2) is 5.78 Å². The number of carbonyl (C=O) groups excluding carboxylic acids is 2. The monoisotopic (exact) mass is 430 g/mol. The number of nitrogens with one attached hydrogen (secondary N) is 1. The normalized spacial score (nSPS) is 21.9. The Hall–Kier alpha value is -1.98. The third-order valence-electron chi connectivity index (χ3n) is 6.33. The highest BCUT2D eigenvalue weighted by Gasteiger charge is 2.42. The van der Waals surface area contributed by atoms with Crippen LogP contribution >= 0.6 is 0 Å². The van der Waals surface area contributed by atoms with Crippen LogP contribution in [0.2, 0.25) is 0 Å². The quantitative estimate of drug-likeness (QED) is 0.354. The minimum absolute atomic E-state index is 0.0656. The van der Waals surface area contributed by atoms with Gasteiger partial charge in [0.05, 0.1) is 18.7 Å². The predicted octanol–water partition coefficient (Wildman–Crippen LogP) is 4.38. The van der Waals surface area contributed by atoms with E-state index in [1.54, 1.807) is 13.8 Å². The van der Waals surface area contributed by atoms with E-state index in [1.807, 2.05) is 13.0 Å². The Labute approximate surface area is 188 Å². The Morgan fingerprint density at radius 2 is 1.90 bits per heavy atom. The molecule has 0 aliphatic heterocycles. The first kappa shape index (κ1) is 27.1. The Morgan fingerprint density at radius 1 is 1.26 bits per heavy atom. The lowest BCUT2D eigenvalue weighted by Gasteiger charge is -2.41. The second kappa shape index (κ2) is 12.2. The molecule has 5 nitrogen and oxygen atoms in total. The van der Waals surface area contributed by atoms with Crippen LogP contribution in [0.15, 0.2) is 46.6 Å². The molecule has 5 heteroatoms. The van der Waals surface area contributed by atoms with E-state index in [2.05, 4.69) is 51.2 Å². The molecule has 0 saturated carbocycles. The van der Waals surface area contributed by atoms with Gasteiger partial charge in [-0.2, -0.15) is 0 Å². The molecule has 0 radical (unpaired) electrons. The molecule has 31 heavy (non-hydrogen) atoms. The van der Waals surface area contributed by atoms with Crippen molar-refractivity contribution in [3.8, 4) is 0 Å². The van der Waals surface area contributed by atoms with E-state index in [0.29, 0.717) is 0 Å². The average molecular weight is 431 g/mol. The Morgan fingerprint density at radius 3 is 2.48 bits per heavy atom. The van der Waals surface area contributed by atoms with Crippen molar-refractivity contribution in [3.63, 3.8) is 0 Å². The highest BCUT2D eigenvalue weighted by molar-refractivity contribution is 5.92. The van der Waals surface area contributed by atoms with Crippen LogP contribution in [0, 0.1) is 11.3 Å². The predicted molar refractivity (Wildman–Crippen MR) is 128 cm³/mol. The Balaban J connectivity index is 2.94. The Kier molecular flexibility index (Phi) is 10.6. The highest BCUT2D eigenvalue weighted by Crippen LogP contribution is 2.46. The van der Waals surface area contributed by atoms with E-state index in [1.165, 1.54) is 22.3 Å². The number of allylic oxidation sites excluding steroid dienone is 7. The lowest BCUT2D eigenvalue weighted by Crippen LogP contribution is -2.50. The fourth-order valence-corrected chi connectivity index (χ4v) is 4.23. The number of carbonyl (C=O) groups is 2. The third-order valence-corrected chi connectivity index (χ3v) is 6.33. The zero-order chi connectivity index (χ0) is 23.8. The van der Waals surface area contributed by atoms with Crippen molar-refractivity contribution < 1.29 is 14.7 Å². The summed E-state index contributed by atoms with van der Waals surface area (Å²) >= 11 is 0. The van der Waals surface area contributed by atoms with Gasteiger partial charge < -0.3 is 16.2 Å². The molecular weight excluding hydrogens is 388 g/mol. The topological polar surface area (TPSA) is 92.4 Å². The van der Waals surface area contributed by atoms with Gasteiger partial charge in [0, 0.05) is 5.92 Å². The van der Waals surface area contributed by atoms with Gasteiger partial charge in [-0.05, 0) is 71.3 Å². The number of hydrogen-bond acceptors (Lipinski definition) is 4. The molecule has 1 amide bonds. The number of hydrogen-bond donors (Lipinski definition) is 3. The van der Waals surface area contributed by atoms with Crippen molar-refractivity contribution in [1.82, 2.24) is 5.32 Å². The number of rotatable bonds is 10. The summed E-state index contributed by atoms with van der Waals surface area (Å²) in [5.74, 6) is -0.392. The lowest BCUT2D eigenvalue weighted by molar-refractivity contribution is -0.132. The fourth-order valence-electron chi connectivity index (χ4n) is 4.23. The molecule has 0 aromatic heterocycles. The second-order valence-electron chi connectivity index (χ2n) is 9.48. The third kappa shape index (κ3) is 7.89. The zero-order valence-corrected chi connectivity index (χ0v) is 20.4. The summed E-state index contributed by atoms with van der Waals surface area (Å²) < 4.78 is 0. The van der Waals surface area contributed by atoms with Crippen molar-refractivity contribution >= 4 is 11.7 Å². The fraction of sp³-hybridized carbons (Fsp3) is 0.615. The molecule has 1 unspecified atom stereocenters. The molecular formula is C26H42N2O3. The molecule has 1 aliphatic carbocycles. The van der Waals surface area contributed by atoms with Crippen LogP contribution in [0.1, 0.15) is 74.1 Å². The number of ketones is 1. The summed E-state index contributed by atoms with van der Waals surface area (Å²) in [6.07, 6.45) is 11.8. The number of amides is 1. The van der Waals surface area contributed by atoms with E-state index in [4.69, 9.17) is 10.8 Å². The zero-order valence-electron chi connectivity index (χ0n) is 20.4. The van der Waals surface area contributed by atoms with E-state index >= 15 is 0 Å². The molecule has 174 valence electrons. The molecule has 0 spiro atoms. The molecule has 4 N–H and O–H groups in total. The van der Waals surface area contributed by atoms with Crippen LogP contribution in [-0.4, -0.2) is 35.5 Å². The smallest absolute Gasteiger partial charge is 0.237 e. The minimum atomic E-state index is -0.632. The average Bonchev–Trinajstić information content (AvgIpc) is 2.66. The molecule has 3 atom stereocenters. The van der Waals surface area contributed by atoms with Crippen LogP contribution in [0.25, 0.3) is 0 Å². The minimum Gasteiger partial charge on any atom is -0.392 e. The summed E-state index contributed by atoms with van der Waals surface area (Å²) in [6, 6.07) is -1.18. The molecule has 1 rings (SSSR count). The molecule has 1 aliphatic rings. The van der Waals surface area contributed by atoms with Gasteiger partial charge in [-0.25, -0.2) is 0 Å². The SMILES string of the molecule is CC1=C(/C=C/C(C)=C/CC/C(C)=C/CO)C(C)(C)C(C(=O)[C@H](C)NC(=O)[C@H](C)N)CC1. The van der Waals surface area contributed by atoms with Crippen LogP contribution in [0.3, 0.4) is 0 Å². The van der Waals surface area contributed by atoms with Gasteiger partial charge in [-0.3, -0.25) is 9.59 Å². The molecule has 0 bridgehead atoms. The van der Waals surface area contributed by atoms with Gasteiger partial charge in [-0.1, -0.05) is 54.9 Å². The van der Waals surface area contributed by atoms with E-state index < -0.39 is 12.1 Å². The number of aliphatic hydroxyl groups is 1. The number of nitrogens with two attached hydrogens (primary N) is 1. The van der Waals surface area contributed by atoms with Crippen molar-refractivity contribution in [2.45, 2.75) is 86.2 Å². The van der Waals surface area contributed by atoms with Crippen molar-refractivity contribution in [3.05, 3.63) is 46.6 Å². The Bertz CT molecular complexity index is 770. The number of aliphatic hydroxyl groups excluding tert-OH is 1. The maximum absolute atomic E-state index is 13.2. The standard InChI is InChI=1S/C26H42N2O3/c1-17(9-8-10-18(2)15-16-29)11-13-22-19(3)12-14-23(26(22,6)7)24(30)21(5)28-25(31)20(4)27/h9,11,13,15,20-21,23,29H,8,10,12,14,16,27H2,1-7H3,(H,28,31)/b13-11+,17-9+,18-15+/t20-,21-,23?/m0/s1. The lowest BCUT2D eigenvalue weighted by atomic mass is 9.63. The van der Waals surface area contributed by atoms with Crippen LogP contribution in [0.4, 0.5) is 0 Å². The summed E-state index contributed by atoms with van der Waals surface area (Å²) in [4.78, 5) is 25.1.